The minimum Gasteiger partial charge on any atom is -0.310 e. The van der Waals surface area contributed by atoms with Gasteiger partial charge in [0, 0.05) is 12.0 Å². The van der Waals surface area contributed by atoms with Crippen LogP contribution in [0.25, 0.3) is 15.3 Å². The number of carbonyl (C=O) groups excluding carboxylic acids is 1. The van der Waals surface area contributed by atoms with Crippen LogP contribution < -0.4 is 5.32 Å². The van der Waals surface area contributed by atoms with Crippen molar-refractivity contribution in [3.8, 4) is 5.13 Å². The maximum absolute atomic E-state index is 13.3. The van der Waals surface area contributed by atoms with E-state index in [2.05, 4.69) is 15.4 Å². The Hall–Kier alpha value is -2.28. The van der Waals surface area contributed by atoms with Crippen molar-refractivity contribution in [3.63, 3.8) is 0 Å². The third kappa shape index (κ3) is 2.71. The molecule has 7 heteroatoms. The summed E-state index contributed by atoms with van der Waals surface area (Å²) >= 11 is 1.33. The van der Waals surface area contributed by atoms with Crippen molar-refractivity contribution in [2.75, 3.05) is 5.32 Å². The number of anilines is 1. The Kier molecular flexibility index (Phi) is 3.66. The van der Waals surface area contributed by atoms with Gasteiger partial charge in [0.15, 0.2) is 0 Å². The van der Waals surface area contributed by atoms with Gasteiger partial charge in [-0.25, -0.2) is 9.37 Å². The van der Waals surface area contributed by atoms with E-state index in [1.165, 1.54) is 23.5 Å². The molecule has 1 aromatic carbocycles. The van der Waals surface area contributed by atoms with Gasteiger partial charge in [-0.2, -0.15) is 9.78 Å². The maximum Gasteiger partial charge on any atom is 0.228 e. The number of halogens is 1. The lowest BCUT2D eigenvalue weighted by atomic mass is 10.2. The van der Waals surface area contributed by atoms with E-state index >= 15 is 0 Å². The van der Waals surface area contributed by atoms with Gasteiger partial charge in [-0.15, -0.1) is 0 Å². The van der Waals surface area contributed by atoms with Crippen LogP contribution in [-0.4, -0.2) is 20.7 Å². The SMILES string of the molecule is Cc1cc(NC(=O)C(C)C)n(-c2nc3ccc(F)cc3s2)n1. The molecule has 2 heterocycles. The summed E-state index contributed by atoms with van der Waals surface area (Å²) in [5.74, 6) is 0.0461. The lowest BCUT2D eigenvalue weighted by Crippen LogP contribution is -2.19. The van der Waals surface area contributed by atoms with E-state index in [9.17, 15) is 9.18 Å². The fourth-order valence-corrected chi connectivity index (χ4v) is 2.94. The Bertz CT molecular complexity index is 852. The highest BCUT2D eigenvalue weighted by molar-refractivity contribution is 7.20. The second kappa shape index (κ2) is 5.49. The highest BCUT2D eigenvalue weighted by Crippen LogP contribution is 2.27. The number of hydrogen-bond acceptors (Lipinski definition) is 4. The number of thiazole rings is 1. The molecule has 22 heavy (non-hydrogen) atoms. The summed E-state index contributed by atoms with van der Waals surface area (Å²) in [6.07, 6.45) is 0. The summed E-state index contributed by atoms with van der Waals surface area (Å²) in [4.78, 5) is 16.4. The molecule has 0 saturated heterocycles. The van der Waals surface area contributed by atoms with Crippen LogP contribution in [0, 0.1) is 18.7 Å². The number of aromatic nitrogens is 3. The Morgan fingerprint density at radius 3 is 2.86 bits per heavy atom. The lowest BCUT2D eigenvalue weighted by Gasteiger charge is -2.08. The topological polar surface area (TPSA) is 59.8 Å². The van der Waals surface area contributed by atoms with E-state index in [1.807, 2.05) is 20.8 Å². The van der Waals surface area contributed by atoms with E-state index in [0.717, 1.165) is 10.4 Å². The molecule has 0 aliphatic carbocycles. The van der Waals surface area contributed by atoms with E-state index in [0.29, 0.717) is 16.5 Å². The molecule has 0 bridgehead atoms. The first-order valence-electron chi connectivity index (χ1n) is 6.88. The molecule has 5 nitrogen and oxygen atoms in total. The van der Waals surface area contributed by atoms with Crippen LogP contribution >= 0.6 is 11.3 Å². The van der Waals surface area contributed by atoms with Gasteiger partial charge in [0.25, 0.3) is 0 Å². The van der Waals surface area contributed by atoms with Gasteiger partial charge < -0.3 is 5.32 Å². The minimum atomic E-state index is -0.298. The smallest absolute Gasteiger partial charge is 0.228 e. The number of aryl methyl sites for hydroxylation is 1. The summed E-state index contributed by atoms with van der Waals surface area (Å²) in [5.41, 5.74) is 1.47. The van der Waals surface area contributed by atoms with Crippen LogP contribution in [0.1, 0.15) is 19.5 Å². The lowest BCUT2D eigenvalue weighted by molar-refractivity contribution is -0.118. The van der Waals surface area contributed by atoms with E-state index in [-0.39, 0.29) is 17.6 Å². The molecule has 0 spiro atoms. The molecule has 0 unspecified atom stereocenters. The minimum absolute atomic E-state index is 0.0895. The fourth-order valence-electron chi connectivity index (χ4n) is 1.98. The third-order valence-electron chi connectivity index (χ3n) is 3.13. The van der Waals surface area contributed by atoms with Crippen LogP contribution in [0.4, 0.5) is 10.2 Å². The Morgan fingerprint density at radius 2 is 2.14 bits per heavy atom. The molecule has 2 aromatic heterocycles. The summed E-state index contributed by atoms with van der Waals surface area (Å²) in [6.45, 7) is 5.49. The molecular weight excluding hydrogens is 303 g/mol. The number of carbonyl (C=O) groups is 1. The summed E-state index contributed by atoms with van der Waals surface area (Å²) < 4.78 is 15.6. The molecule has 3 rings (SSSR count). The summed E-state index contributed by atoms with van der Waals surface area (Å²) in [6, 6.07) is 6.24. The zero-order valence-electron chi connectivity index (χ0n) is 12.4. The molecule has 0 aliphatic heterocycles. The van der Waals surface area contributed by atoms with Gasteiger partial charge in [0.1, 0.15) is 11.6 Å². The molecule has 0 fully saturated rings. The van der Waals surface area contributed by atoms with Gasteiger partial charge >= 0.3 is 0 Å². The van der Waals surface area contributed by atoms with Crippen LogP contribution in [0.3, 0.4) is 0 Å². The van der Waals surface area contributed by atoms with E-state index in [4.69, 9.17) is 0 Å². The predicted octanol–water partition coefficient (Wildman–Crippen LogP) is 3.52. The number of amides is 1. The number of nitrogens with zero attached hydrogens (tertiary/aromatic N) is 3. The normalized spacial score (nSPS) is 11.3. The van der Waals surface area contributed by atoms with Gasteiger partial charge in [-0.05, 0) is 25.1 Å². The Balaban J connectivity index is 2.04. The maximum atomic E-state index is 13.3. The Morgan fingerprint density at radius 1 is 1.36 bits per heavy atom. The van der Waals surface area contributed by atoms with Crippen molar-refractivity contribution in [1.82, 2.24) is 14.8 Å². The predicted molar refractivity (Wildman–Crippen MR) is 84.9 cm³/mol. The van der Waals surface area contributed by atoms with Gasteiger partial charge in [-0.1, -0.05) is 25.2 Å². The fraction of sp³-hybridized carbons (Fsp3) is 0.267. The summed E-state index contributed by atoms with van der Waals surface area (Å²) in [5, 5.41) is 7.80. The second-order valence-corrected chi connectivity index (χ2v) is 6.34. The first-order chi connectivity index (χ1) is 10.4. The van der Waals surface area contributed by atoms with Gasteiger partial charge in [0.05, 0.1) is 15.9 Å². The highest BCUT2D eigenvalue weighted by atomic mass is 32.1. The van der Waals surface area contributed by atoms with Crippen LogP contribution in [-0.2, 0) is 4.79 Å². The average molecular weight is 318 g/mol. The number of rotatable bonds is 3. The van der Waals surface area contributed by atoms with Crippen LogP contribution in [0.15, 0.2) is 24.3 Å². The van der Waals surface area contributed by atoms with Crippen LogP contribution in [0.5, 0.6) is 0 Å². The molecule has 0 radical (unpaired) electrons. The summed E-state index contributed by atoms with van der Waals surface area (Å²) in [7, 11) is 0. The first-order valence-corrected chi connectivity index (χ1v) is 7.69. The van der Waals surface area contributed by atoms with Crippen molar-refractivity contribution in [1.29, 1.82) is 0 Å². The van der Waals surface area contributed by atoms with Gasteiger partial charge in [0.2, 0.25) is 11.0 Å². The zero-order chi connectivity index (χ0) is 15.9. The zero-order valence-corrected chi connectivity index (χ0v) is 13.2. The van der Waals surface area contributed by atoms with Crippen LogP contribution in [0.2, 0.25) is 0 Å². The van der Waals surface area contributed by atoms with Crippen molar-refractivity contribution < 1.29 is 9.18 Å². The van der Waals surface area contributed by atoms with Crippen molar-refractivity contribution in [3.05, 3.63) is 35.8 Å². The molecule has 1 N–H and O–H groups in total. The van der Waals surface area contributed by atoms with Gasteiger partial charge in [-0.3, -0.25) is 4.79 Å². The van der Waals surface area contributed by atoms with Crippen molar-refractivity contribution >= 4 is 33.3 Å². The quantitative estimate of drug-likeness (QED) is 0.804. The standard InChI is InChI=1S/C15H15FN4OS/c1-8(2)14(21)18-13-6-9(3)19-20(13)15-17-11-5-4-10(16)7-12(11)22-15/h4-8H,1-3H3,(H,18,21). The average Bonchev–Trinajstić information content (AvgIpc) is 3.01. The Labute approximate surface area is 130 Å². The molecule has 1 amide bonds. The number of benzene rings is 1. The van der Waals surface area contributed by atoms with E-state index < -0.39 is 0 Å². The molecule has 3 aromatic rings. The van der Waals surface area contributed by atoms with Crippen molar-refractivity contribution in [2.24, 2.45) is 5.92 Å². The highest BCUT2D eigenvalue weighted by Gasteiger charge is 2.16. The largest absolute Gasteiger partial charge is 0.310 e. The number of nitrogens with one attached hydrogen (secondary N) is 1. The number of hydrogen-bond donors (Lipinski definition) is 1. The molecular formula is C15H15FN4OS. The molecule has 114 valence electrons. The molecule has 0 saturated carbocycles. The third-order valence-corrected chi connectivity index (χ3v) is 4.12. The monoisotopic (exact) mass is 318 g/mol. The first kappa shape index (κ1) is 14.6. The van der Waals surface area contributed by atoms with Crippen molar-refractivity contribution in [2.45, 2.75) is 20.8 Å². The molecule has 0 atom stereocenters. The van der Waals surface area contributed by atoms with E-state index in [1.54, 1.807) is 16.8 Å². The second-order valence-electron chi connectivity index (χ2n) is 5.34. The number of fused-ring (bicyclic) bond motifs is 1. The molecule has 0 aliphatic rings.